The van der Waals surface area contributed by atoms with Crippen LogP contribution in [-0.2, 0) is 9.53 Å². The molecule has 0 aromatic heterocycles. The first kappa shape index (κ1) is 21.4. The van der Waals surface area contributed by atoms with Crippen molar-refractivity contribution in [3.05, 3.63) is 12.2 Å². The summed E-state index contributed by atoms with van der Waals surface area (Å²) in [5, 5.41) is 22.0. The van der Waals surface area contributed by atoms with Gasteiger partial charge in [-0.25, -0.2) is 0 Å². The highest BCUT2D eigenvalue weighted by Crippen LogP contribution is 2.46. The lowest BCUT2D eigenvalue weighted by molar-refractivity contribution is -0.137. The van der Waals surface area contributed by atoms with Gasteiger partial charge in [0.1, 0.15) is 0 Å². The number of carbonyl (C=O) groups is 1. The van der Waals surface area contributed by atoms with Gasteiger partial charge in [-0.2, -0.15) is 0 Å². The number of ether oxygens (including phenoxy) is 1. The van der Waals surface area contributed by atoms with Gasteiger partial charge in [0.15, 0.2) is 0 Å². The third-order valence-corrected chi connectivity index (χ3v) is 5.85. The molecule has 1 unspecified atom stereocenters. The first-order valence-electron chi connectivity index (χ1n) is 10.5. The van der Waals surface area contributed by atoms with E-state index in [2.05, 4.69) is 24.4 Å². The lowest BCUT2D eigenvalue weighted by Gasteiger charge is -2.27. The van der Waals surface area contributed by atoms with Crippen LogP contribution in [0.15, 0.2) is 12.2 Å². The summed E-state index contributed by atoms with van der Waals surface area (Å²) in [6, 6.07) is 0. The Morgan fingerprint density at radius 3 is 2.73 bits per heavy atom. The van der Waals surface area contributed by atoms with E-state index in [9.17, 15) is 9.90 Å². The van der Waals surface area contributed by atoms with Crippen molar-refractivity contribution in [2.75, 3.05) is 13.1 Å². The second-order valence-corrected chi connectivity index (χ2v) is 7.90. The highest BCUT2D eigenvalue weighted by Gasteiger charge is 2.47. The van der Waals surface area contributed by atoms with Gasteiger partial charge in [0.2, 0.25) is 0 Å². The third-order valence-electron chi connectivity index (χ3n) is 5.85. The molecule has 2 aliphatic rings. The lowest BCUT2D eigenvalue weighted by atomic mass is 9.76. The first-order chi connectivity index (χ1) is 12.6. The molecule has 150 valence electrons. The molecule has 5 nitrogen and oxygen atoms in total. The number of aliphatic carboxylic acids is 1. The van der Waals surface area contributed by atoms with Crippen molar-refractivity contribution in [2.45, 2.75) is 89.4 Å². The Hall–Kier alpha value is -0.910. The summed E-state index contributed by atoms with van der Waals surface area (Å²) < 4.78 is 6.15. The molecule has 2 heterocycles. The van der Waals surface area contributed by atoms with Crippen LogP contribution in [-0.4, -0.2) is 47.6 Å². The number of hydrogen-bond donors (Lipinski definition) is 3. The zero-order chi connectivity index (χ0) is 18.8. The minimum atomic E-state index is -0.715. The number of nitrogens with one attached hydrogen (secondary N) is 1. The summed E-state index contributed by atoms with van der Waals surface area (Å²) in [6.45, 7) is 3.78. The van der Waals surface area contributed by atoms with Crippen LogP contribution in [0.4, 0.5) is 0 Å². The average Bonchev–Trinajstić information content (AvgIpc) is 3.21. The van der Waals surface area contributed by atoms with Crippen molar-refractivity contribution in [1.29, 1.82) is 0 Å². The zero-order valence-corrected chi connectivity index (χ0v) is 16.2. The van der Waals surface area contributed by atoms with E-state index < -0.39 is 5.97 Å². The van der Waals surface area contributed by atoms with Gasteiger partial charge in [0.05, 0.1) is 18.3 Å². The van der Waals surface area contributed by atoms with E-state index >= 15 is 0 Å². The number of aliphatic hydroxyl groups is 1. The van der Waals surface area contributed by atoms with Gasteiger partial charge in [-0.1, -0.05) is 31.9 Å². The van der Waals surface area contributed by atoms with Crippen molar-refractivity contribution >= 4 is 5.97 Å². The standard InChI is InChI=1S/C21H37NO4/c1-2-3-8-16(23)15-22-14-13-18-17(19-11-12-20(18)26-19)9-6-4-5-7-10-21(24)25/h4,6,16-20,22-23H,2-3,5,7-15H2,1H3,(H,24,25)/t16?,17-,18-,19-,20+/m1/s1. The van der Waals surface area contributed by atoms with Crippen LogP contribution in [0.3, 0.4) is 0 Å². The maximum Gasteiger partial charge on any atom is 0.303 e. The fourth-order valence-corrected chi connectivity index (χ4v) is 4.42. The summed E-state index contributed by atoms with van der Waals surface area (Å²) >= 11 is 0. The van der Waals surface area contributed by atoms with Gasteiger partial charge in [-0.05, 0) is 63.3 Å². The monoisotopic (exact) mass is 367 g/mol. The molecule has 0 spiro atoms. The molecule has 0 saturated carbocycles. The van der Waals surface area contributed by atoms with Crippen LogP contribution in [0.1, 0.15) is 71.1 Å². The predicted molar refractivity (Wildman–Crippen MR) is 103 cm³/mol. The molecule has 3 N–H and O–H groups in total. The van der Waals surface area contributed by atoms with Crippen LogP contribution in [0.2, 0.25) is 0 Å². The minimum absolute atomic E-state index is 0.226. The SMILES string of the molecule is CCCCC(O)CNCC[C@@H]1[C@@H](CC=CCCCC(=O)O)[C@H]2CC[C@@H]1O2. The van der Waals surface area contributed by atoms with Crippen LogP contribution in [0.25, 0.3) is 0 Å². The Bertz CT molecular complexity index is 440. The molecule has 2 aliphatic heterocycles. The van der Waals surface area contributed by atoms with Crippen LogP contribution < -0.4 is 5.32 Å². The van der Waals surface area contributed by atoms with Crippen LogP contribution in [0.5, 0.6) is 0 Å². The van der Waals surface area contributed by atoms with E-state index in [0.717, 1.165) is 45.1 Å². The van der Waals surface area contributed by atoms with Gasteiger partial charge < -0.3 is 20.3 Å². The van der Waals surface area contributed by atoms with Crippen molar-refractivity contribution in [2.24, 2.45) is 11.8 Å². The molecule has 2 rings (SSSR count). The van der Waals surface area contributed by atoms with E-state index in [0.29, 0.717) is 37.0 Å². The largest absolute Gasteiger partial charge is 0.481 e. The highest BCUT2D eigenvalue weighted by atomic mass is 16.5. The summed E-state index contributed by atoms with van der Waals surface area (Å²) in [5.41, 5.74) is 0. The molecule has 0 aliphatic carbocycles. The lowest BCUT2D eigenvalue weighted by Crippen LogP contribution is -2.33. The maximum atomic E-state index is 10.5. The fraction of sp³-hybridized carbons (Fsp3) is 0.857. The smallest absolute Gasteiger partial charge is 0.303 e. The molecule has 2 saturated heterocycles. The molecule has 5 heteroatoms. The molecular weight excluding hydrogens is 330 g/mol. The van der Waals surface area contributed by atoms with E-state index in [-0.39, 0.29) is 12.5 Å². The topological polar surface area (TPSA) is 78.8 Å². The number of aliphatic hydroxyl groups excluding tert-OH is 1. The number of fused-ring (bicyclic) bond motifs is 2. The van der Waals surface area contributed by atoms with Gasteiger partial charge in [-0.3, -0.25) is 4.79 Å². The predicted octanol–water partition coefficient (Wildman–Crippen LogP) is 3.51. The number of carboxylic acid groups (broad SMARTS) is 1. The summed E-state index contributed by atoms with van der Waals surface area (Å²) in [7, 11) is 0. The molecular formula is C21H37NO4. The Kier molecular flexibility index (Phi) is 9.65. The Labute approximate surface area is 158 Å². The van der Waals surface area contributed by atoms with E-state index in [1.54, 1.807) is 0 Å². The van der Waals surface area contributed by atoms with Gasteiger partial charge >= 0.3 is 5.97 Å². The molecule has 5 atom stereocenters. The fourth-order valence-electron chi connectivity index (χ4n) is 4.42. The molecule has 0 aromatic rings. The van der Waals surface area contributed by atoms with Crippen LogP contribution in [0, 0.1) is 11.8 Å². The molecule has 0 radical (unpaired) electrons. The highest BCUT2D eigenvalue weighted by molar-refractivity contribution is 5.66. The van der Waals surface area contributed by atoms with Gasteiger partial charge in [0, 0.05) is 13.0 Å². The molecule has 0 amide bonds. The van der Waals surface area contributed by atoms with E-state index in [1.807, 2.05) is 0 Å². The number of allylic oxidation sites excluding steroid dienone is 2. The first-order valence-corrected chi connectivity index (χ1v) is 10.5. The normalized spacial score (nSPS) is 28.8. The number of carboxylic acids is 1. The quantitative estimate of drug-likeness (QED) is 0.323. The zero-order valence-electron chi connectivity index (χ0n) is 16.2. The van der Waals surface area contributed by atoms with Gasteiger partial charge in [0.25, 0.3) is 0 Å². The second-order valence-electron chi connectivity index (χ2n) is 7.90. The second kappa shape index (κ2) is 11.7. The minimum Gasteiger partial charge on any atom is -0.481 e. The summed E-state index contributed by atoms with van der Waals surface area (Å²) in [6.07, 6.45) is 14.4. The van der Waals surface area contributed by atoms with E-state index in [4.69, 9.17) is 9.84 Å². The Balaban J connectivity index is 1.66. The number of rotatable bonds is 14. The summed E-state index contributed by atoms with van der Waals surface area (Å²) in [5.74, 6) is 0.487. The molecule has 26 heavy (non-hydrogen) atoms. The molecule has 2 bridgehead atoms. The summed E-state index contributed by atoms with van der Waals surface area (Å²) in [4.78, 5) is 10.5. The average molecular weight is 368 g/mol. The molecule has 0 aromatic carbocycles. The number of unbranched alkanes of at least 4 members (excludes halogenated alkanes) is 2. The Morgan fingerprint density at radius 2 is 2.00 bits per heavy atom. The maximum absolute atomic E-state index is 10.5. The van der Waals surface area contributed by atoms with Crippen molar-refractivity contribution in [3.63, 3.8) is 0 Å². The third kappa shape index (κ3) is 7.01. The van der Waals surface area contributed by atoms with Gasteiger partial charge in [-0.15, -0.1) is 0 Å². The van der Waals surface area contributed by atoms with E-state index in [1.165, 1.54) is 12.8 Å². The molecule has 2 fully saturated rings. The van der Waals surface area contributed by atoms with Crippen LogP contribution >= 0.6 is 0 Å². The van der Waals surface area contributed by atoms with Crippen molar-refractivity contribution in [1.82, 2.24) is 5.32 Å². The Morgan fingerprint density at radius 1 is 1.23 bits per heavy atom. The van der Waals surface area contributed by atoms with Crippen molar-refractivity contribution < 1.29 is 19.7 Å². The number of hydrogen-bond acceptors (Lipinski definition) is 4. The van der Waals surface area contributed by atoms with Crippen molar-refractivity contribution in [3.8, 4) is 0 Å².